The van der Waals surface area contributed by atoms with Crippen LogP contribution in [0.3, 0.4) is 0 Å². The molecule has 0 radical (unpaired) electrons. The average molecular weight is 555 g/mol. The van der Waals surface area contributed by atoms with Crippen LogP contribution >= 0.6 is 0 Å². The lowest BCUT2D eigenvalue weighted by Crippen LogP contribution is -2.66. The zero-order valence-electron chi connectivity index (χ0n) is 22.6. The summed E-state index contributed by atoms with van der Waals surface area (Å²) in [5.74, 6) is -0.638. The summed E-state index contributed by atoms with van der Waals surface area (Å²) in [6.45, 7) is 0.550. The minimum atomic E-state index is -1.49. The van der Waals surface area contributed by atoms with Crippen LogP contribution in [0.4, 0.5) is 0 Å². The van der Waals surface area contributed by atoms with Gasteiger partial charge in [0.15, 0.2) is 6.10 Å². The maximum atomic E-state index is 13.1. The molecule has 0 spiro atoms. The number of hydrogen-bond donors (Lipinski definition) is 2. The normalized spacial score (nSPS) is 24.0. The minimum Gasteiger partial charge on any atom is -0.453 e. The third kappa shape index (κ3) is 7.47. The maximum absolute atomic E-state index is 13.1. The molecule has 6 atom stereocenters. The number of esters is 1. The lowest BCUT2D eigenvalue weighted by Gasteiger charge is -2.46. The smallest absolute Gasteiger partial charge is 0.338 e. The molecule has 0 amide bonds. The quantitative estimate of drug-likeness (QED) is 0.260. The molecule has 0 unspecified atom stereocenters. The summed E-state index contributed by atoms with van der Waals surface area (Å²) in [4.78, 5) is 13.1. The second-order valence-electron chi connectivity index (χ2n) is 10.0. The summed E-state index contributed by atoms with van der Waals surface area (Å²) in [6, 6.07) is 37.2. The molecule has 7 nitrogen and oxygen atoms in total. The van der Waals surface area contributed by atoms with Crippen LogP contribution in [0.5, 0.6) is 0 Å². The van der Waals surface area contributed by atoms with E-state index in [2.05, 4.69) is 0 Å². The van der Waals surface area contributed by atoms with E-state index in [0.717, 1.165) is 16.7 Å². The molecule has 1 fully saturated rings. The lowest BCUT2D eigenvalue weighted by molar-refractivity contribution is -0.262. The summed E-state index contributed by atoms with van der Waals surface area (Å²) in [6.07, 6.45) is -6.93. The van der Waals surface area contributed by atoms with Crippen molar-refractivity contribution in [2.45, 2.75) is 56.4 Å². The van der Waals surface area contributed by atoms with Crippen LogP contribution < -0.4 is 0 Å². The minimum absolute atomic E-state index is 0.171. The fourth-order valence-corrected chi connectivity index (χ4v) is 4.93. The van der Waals surface area contributed by atoms with Crippen molar-refractivity contribution in [3.8, 4) is 0 Å². The average Bonchev–Trinajstić information content (AvgIpc) is 3.03. The molecule has 0 saturated heterocycles. The molecule has 212 valence electrons. The Balaban J connectivity index is 1.45. The van der Waals surface area contributed by atoms with Crippen molar-refractivity contribution in [2.24, 2.45) is 0 Å². The van der Waals surface area contributed by atoms with Crippen LogP contribution in [0.1, 0.15) is 27.0 Å². The van der Waals surface area contributed by atoms with E-state index in [9.17, 15) is 15.0 Å². The Morgan fingerprint density at radius 3 is 1.27 bits per heavy atom. The van der Waals surface area contributed by atoms with Gasteiger partial charge < -0.3 is 29.2 Å². The number of hydrogen-bond acceptors (Lipinski definition) is 7. The number of carbonyl (C=O) groups excluding carboxylic acids is 1. The fraction of sp³-hybridized carbons (Fsp3) is 0.265. The number of aliphatic hydroxyl groups is 2. The maximum Gasteiger partial charge on any atom is 0.338 e. The topological polar surface area (TPSA) is 94.5 Å². The molecular weight excluding hydrogens is 520 g/mol. The van der Waals surface area contributed by atoms with Gasteiger partial charge in [0.25, 0.3) is 0 Å². The monoisotopic (exact) mass is 554 g/mol. The molecule has 5 rings (SSSR count). The van der Waals surface area contributed by atoms with Crippen molar-refractivity contribution >= 4 is 5.97 Å². The highest BCUT2D eigenvalue weighted by Gasteiger charge is 2.54. The van der Waals surface area contributed by atoms with Crippen LogP contribution in [0, 0.1) is 0 Å². The van der Waals surface area contributed by atoms with Gasteiger partial charge in [-0.05, 0) is 28.8 Å². The fourth-order valence-electron chi connectivity index (χ4n) is 4.93. The van der Waals surface area contributed by atoms with E-state index >= 15 is 0 Å². The Hall–Kier alpha value is -3.85. The Bertz CT molecular complexity index is 1330. The molecule has 1 aliphatic rings. The molecule has 4 aromatic rings. The Morgan fingerprint density at radius 2 is 0.829 bits per heavy atom. The predicted molar refractivity (Wildman–Crippen MR) is 153 cm³/mol. The van der Waals surface area contributed by atoms with E-state index in [0.29, 0.717) is 5.56 Å². The first kappa shape index (κ1) is 28.7. The van der Waals surface area contributed by atoms with Crippen molar-refractivity contribution in [3.63, 3.8) is 0 Å². The largest absolute Gasteiger partial charge is 0.453 e. The van der Waals surface area contributed by atoms with Gasteiger partial charge in [-0.25, -0.2) is 4.79 Å². The third-order valence-corrected chi connectivity index (χ3v) is 7.10. The second-order valence-corrected chi connectivity index (χ2v) is 10.0. The van der Waals surface area contributed by atoms with Crippen LogP contribution in [0.25, 0.3) is 0 Å². The second kappa shape index (κ2) is 14.2. The van der Waals surface area contributed by atoms with Gasteiger partial charge in [-0.2, -0.15) is 0 Å². The van der Waals surface area contributed by atoms with Gasteiger partial charge in [0.2, 0.25) is 0 Å². The Kier molecular flexibility index (Phi) is 9.91. The molecule has 0 aliphatic heterocycles. The van der Waals surface area contributed by atoms with E-state index < -0.39 is 42.6 Å². The molecular formula is C34H34O7. The molecule has 4 aromatic carbocycles. The van der Waals surface area contributed by atoms with Crippen LogP contribution in [0.15, 0.2) is 121 Å². The molecule has 7 heteroatoms. The molecule has 2 N–H and O–H groups in total. The van der Waals surface area contributed by atoms with Gasteiger partial charge >= 0.3 is 5.97 Å². The Morgan fingerprint density at radius 1 is 0.488 bits per heavy atom. The van der Waals surface area contributed by atoms with Gasteiger partial charge in [-0.1, -0.05) is 109 Å². The van der Waals surface area contributed by atoms with Crippen molar-refractivity contribution in [1.29, 1.82) is 0 Å². The number of ether oxygens (including phenoxy) is 4. The molecule has 1 saturated carbocycles. The van der Waals surface area contributed by atoms with Crippen molar-refractivity contribution in [2.75, 3.05) is 0 Å². The molecule has 0 heterocycles. The van der Waals surface area contributed by atoms with Gasteiger partial charge in [-0.15, -0.1) is 0 Å². The molecule has 1 aliphatic carbocycles. The third-order valence-electron chi connectivity index (χ3n) is 7.10. The van der Waals surface area contributed by atoms with Crippen molar-refractivity contribution in [3.05, 3.63) is 144 Å². The molecule has 41 heavy (non-hydrogen) atoms. The van der Waals surface area contributed by atoms with Crippen LogP contribution in [0.2, 0.25) is 0 Å². The van der Waals surface area contributed by atoms with Crippen LogP contribution in [-0.2, 0) is 38.8 Å². The van der Waals surface area contributed by atoms with E-state index in [1.165, 1.54) is 0 Å². The summed E-state index contributed by atoms with van der Waals surface area (Å²) in [7, 11) is 0. The first-order valence-electron chi connectivity index (χ1n) is 13.7. The first-order valence-corrected chi connectivity index (χ1v) is 13.7. The van der Waals surface area contributed by atoms with Gasteiger partial charge in [0.05, 0.1) is 25.4 Å². The van der Waals surface area contributed by atoms with Gasteiger partial charge in [-0.3, -0.25) is 0 Å². The highest BCUT2D eigenvalue weighted by molar-refractivity contribution is 5.89. The number of benzene rings is 4. The SMILES string of the molecule is O=C(O[C@H]1[C@@H](O)[C@H](O)[C@@H](OCc2ccccc2)[C@H](OCc2ccccc2)[C@H]1OCc1ccccc1)c1ccccc1. The summed E-state index contributed by atoms with van der Waals surface area (Å²) in [5, 5.41) is 22.7. The van der Waals surface area contributed by atoms with Crippen molar-refractivity contribution < 1.29 is 34.0 Å². The van der Waals surface area contributed by atoms with E-state index in [1.54, 1.807) is 30.3 Å². The predicted octanol–water partition coefficient (Wildman–Crippen LogP) is 4.70. The number of aliphatic hydroxyl groups excluding tert-OH is 2. The Labute approximate surface area is 239 Å². The van der Waals surface area contributed by atoms with Gasteiger partial charge in [0.1, 0.15) is 30.5 Å². The molecule has 0 aromatic heterocycles. The molecule has 0 bridgehead atoms. The lowest BCUT2D eigenvalue weighted by atomic mass is 9.84. The first-order chi connectivity index (χ1) is 20.1. The van der Waals surface area contributed by atoms with Gasteiger partial charge in [0, 0.05) is 0 Å². The van der Waals surface area contributed by atoms with E-state index in [1.807, 2.05) is 91.0 Å². The van der Waals surface area contributed by atoms with E-state index in [-0.39, 0.29) is 19.8 Å². The zero-order valence-corrected chi connectivity index (χ0v) is 22.6. The van der Waals surface area contributed by atoms with Crippen molar-refractivity contribution in [1.82, 2.24) is 0 Å². The van der Waals surface area contributed by atoms with E-state index in [4.69, 9.17) is 18.9 Å². The number of rotatable bonds is 11. The number of carbonyl (C=O) groups is 1. The highest BCUT2D eigenvalue weighted by Crippen LogP contribution is 2.32. The highest BCUT2D eigenvalue weighted by atomic mass is 16.6. The summed E-state index contributed by atoms with van der Waals surface area (Å²) < 4.78 is 24.8. The van der Waals surface area contributed by atoms with Crippen LogP contribution in [-0.4, -0.2) is 52.8 Å². The zero-order chi connectivity index (χ0) is 28.4. The summed E-state index contributed by atoms with van der Waals surface area (Å²) >= 11 is 0. The summed E-state index contributed by atoms with van der Waals surface area (Å²) in [5.41, 5.74) is 3.02. The standard InChI is InChI=1S/C34H34O7/c35-28-29(36)31(41-34(37)27-19-11-4-12-20-27)33(40-23-26-17-9-3-10-18-26)32(39-22-25-15-7-2-8-16-25)30(28)38-21-24-13-5-1-6-14-24/h1-20,28-33,35-36H,21-23H2/t28-,29-,30+,31-,32-,33-/m0/s1.